The first-order chi connectivity index (χ1) is 11.0. The number of nitrogens with one attached hydrogen (secondary N) is 2. The SMILES string of the molecule is CCCCNc1cc(C(=O)OCCCC)cc(NS(=O)O)c1C. The molecule has 0 aromatic heterocycles. The van der Waals surface area contributed by atoms with Crippen molar-refractivity contribution in [3.8, 4) is 0 Å². The van der Waals surface area contributed by atoms with Crippen molar-refractivity contribution >= 4 is 28.6 Å². The maximum absolute atomic E-state index is 12.1. The summed E-state index contributed by atoms with van der Waals surface area (Å²) < 4.78 is 27.8. The van der Waals surface area contributed by atoms with E-state index in [4.69, 9.17) is 9.29 Å². The van der Waals surface area contributed by atoms with Crippen LogP contribution in [0.25, 0.3) is 0 Å². The molecule has 0 aliphatic rings. The van der Waals surface area contributed by atoms with E-state index in [-0.39, 0.29) is 0 Å². The van der Waals surface area contributed by atoms with Gasteiger partial charge in [0.15, 0.2) is 0 Å². The van der Waals surface area contributed by atoms with Gasteiger partial charge in [-0.05, 0) is 37.5 Å². The number of hydrogen-bond acceptors (Lipinski definition) is 4. The molecule has 0 heterocycles. The Balaban J connectivity index is 3.01. The Hall–Kier alpha value is -1.60. The van der Waals surface area contributed by atoms with Gasteiger partial charge in [-0.15, -0.1) is 0 Å². The fourth-order valence-electron chi connectivity index (χ4n) is 2.01. The van der Waals surface area contributed by atoms with Crippen LogP contribution >= 0.6 is 0 Å². The van der Waals surface area contributed by atoms with Crippen LogP contribution in [0.2, 0.25) is 0 Å². The third-order valence-electron chi connectivity index (χ3n) is 3.42. The van der Waals surface area contributed by atoms with Crippen molar-refractivity contribution in [3.63, 3.8) is 0 Å². The highest BCUT2D eigenvalue weighted by atomic mass is 32.2. The molecule has 1 unspecified atom stereocenters. The molecule has 0 radical (unpaired) electrons. The number of rotatable bonds is 10. The van der Waals surface area contributed by atoms with Crippen LogP contribution in [0, 0.1) is 6.92 Å². The molecule has 23 heavy (non-hydrogen) atoms. The first-order valence-electron chi connectivity index (χ1n) is 7.92. The van der Waals surface area contributed by atoms with Gasteiger partial charge in [-0.25, -0.2) is 9.00 Å². The second-order valence-corrected chi connectivity index (χ2v) is 6.02. The Bertz CT molecular complexity index is 549. The van der Waals surface area contributed by atoms with Crippen LogP contribution in [-0.4, -0.2) is 27.9 Å². The van der Waals surface area contributed by atoms with Crippen molar-refractivity contribution in [2.24, 2.45) is 0 Å². The first kappa shape index (κ1) is 19.4. The summed E-state index contributed by atoms with van der Waals surface area (Å²) in [7, 11) is 0. The molecule has 1 atom stereocenters. The number of unbranched alkanes of at least 4 members (excludes halogenated alkanes) is 2. The summed E-state index contributed by atoms with van der Waals surface area (Å²) >= 11 is -2.20. The predicted octanol–water partition coefficient (Wildman–Crippen LogP) is 3.71. The van der Waals surface area contributed by atoms with E-state index in [0.717, 1.165) is 43.5 Å². The Morgan fingerprint density at radius 1 is 1.22 bits per heavy atom. The van der Waals surface area contributed by atoms with Gasteiger partial charge in [0.05, 0.1) is 17.9 Å². The molecule has 0 saturated heterocycles. The molecule has 0 aliphatic heterocycles. The summed E-state index contributed by atoms with van der Waals surface area (Å²) in [5.41, 5.74) is 2.35. The third kappa shape index (κ3) is 6.58. The molecule has 1 aromatic carbocycles. The second kappa shape index (κ2) is 10.2. The van der Waals surface area contributed by atoms with Crippen molar-refractivity contribution < 1.29 is 18.3 Å². The molecular formula is C16H26N2O4S. The largest absolute Gasteiger partial charge is 0.462 e. The summed E-state index contributed by atoms with van der Waals surface area (Å²) in [6.07, 6.45) is 3.81. The minimum atomic E-state index is -2.20. The van der Waals surface area contributed by atoms with Crippen LogP contribution in [0.5, 0.6) is 0 Å². The van der Waals surface area contributed by atoms with Crippen molar-refractivity contribution in [2.75, 3.05) is 23.2 Å². The van der Waals surface area contributed by atoms with E-state index < -0.39 is 17.2 Å². The van der Waals surface area contributed by atoms with E-state index in [1.54, 1.807) is 12.1 Å². The van der Waals surface area contributed by atoms with E-state index in [9.17, 15) is 9.00 Å². The molecule has 0 fully saturated rings. The number of esters is 1. The molecule has 1 aromatic rings. The Kier molecular flexibility index (Phi) is 8.65. The highest BCUT2D eigenvalue weighted by molar-refractivity contribution is 7.80. The molecule has 1 rings (SSSR count). The van der Waals surface area contributed by atoms with E-state index >= 15 is 0 Å². The van der Waals surface area contributed by atoms with E-state index in [0.29, 0.717) is 17.9 Å². The van der Waals surface area contributed by atoms with Crippen molar-refractivity contribution in [1.29, 1.82) is 0 Å². The maximum Gasteiger partial charge on any atom is 0.338 e. The standard InChI is InChI=1S/C16H26N2O4S/c1-4-6-8-17-14-10-13(16(19)22-9-7-5-2)11-15(12(14)3)18-23(20)21/h10-11,17-18H,4-9H2,1-3H3,(H,20,21). The highest BCUT2D eigenvalue weighted by Crippen LogP contribution is 2.27. The summed E-state index contributed by atoms with van der Waals surface area (Å²) in [5, 5.41) is 3.26. The Morgan fingerprint density at radius 3 is 2.48 bits per heavy atom. The molecular weight excluding hydrogens is 316 g/mol. The molecule has 0 amide bonds. The van der Waals surface area contributed by atoms with Gasteiger partial charge in [-0.2, -0.15) is 0 Å². The lowest BCUT2D eigenvalue weighted by atomic mass is 10.1. The number of benzene rings is 1. The third-order valence-corrected chi connectivity index (χ3v) is 3.81. The number of hydrogen-bond donors (Lipinski definition) is 3. The highest BCUT2D eigenvalue weighted by Gasteiger charge is 2.14. The zero-order valence-electron chi connectivity index (χ0n) is 14.0. The minimum Gasteiger partial charge on any atom is -0.462 e. The van der Waals surface area contributed by atoms with Crippen LogP contribution in [-0.2, 0) is 16.0 Å². The maximum atomic E-state index is 12.1. The quantitative estimate of drug-likeness (QED) is 0.343. The lowest BCUT2D eigenvalue weighted by Gasteiger charge is -2.15. The lowest BCUT2D eigenvalue weighted by Crippen LogP contribution is -2.12. The van der Waals surface area contributed by atoms with Crippen molar-refractivity contribution in [2.45, 2.75) is 46.5 Å². The summed E-state index contributed by atoms with van der Waals surface area (Å²) in [6, 6.07) is 3.27. The Morgan fingerprint density at radius 2 is 1.87 bits per heavy atom. The van der Waals surface area contributed by atoms with Crippen LogP contribution in [0.15, 0.2) is 12.1 Å². The average Bonchev–Trinajstić information content (AvgIpc) is 2.50. The molecule has 0 aliphatic carbocycles. The van der Waals surface area contributed by atoms with Gasteiger partial charge in [0, 0.05) is 12.2 Å². The molecule has 7 heteroatoms. The van der Waals surface area contributed by atoms with Gasteiger partial charge >= 0.3 is 5.97 Å². The predicted molar refractivity (Wildman–Crippen MR) is 94.2 cm³/mol. The van der Waals surface area contributed by atoms with Gasteiger partial charge in [-0.1, -0.05) is 26.7 Å². The normalized spacial score (nSPS) is 11.8. The summed E-state index contributed by atoms with van der Waals surface area (Å²) in [4.78, 5) is 12.1. The summed E-state index contributed by atoms with van der Waals surface area (Å²) in [6.45, 7) is 7.09. The van der Waals surface area contributed by atoms with E-state index in [1.165, 1.54) is 0 Å². The second-order valence-electron chi connectivity index (χ2n) is 5.32. The van der Waals surface area contributed by atoms with Gasteiger partial charge in [-0.3, -0.25) is 9.27 Å². The number of carbonyl (C=O) groups is 1. The molecule has 0 bridgehead atoms. The number of ether oxygens (including phenoxy) is 1. The van der Waals surface area contributed by atoms with Crippen LogP contribution in [0.3, 0.4) is 0 Å². The average molecular weight is 342 g/mol. The van der Waals surface area contributed by atoms with Gasteiger partial charge in [0.2, 0.25) is 0 Å². The number of anilines is 2. The van der Waals surface area contributed by atoms with Crippen LogP contribution in [0.1, 0.15) is 55.5 Å². The molecule has 0 saturated carbocycles. The first-order valence-corrected chi connectivity index (χ1v) is 9.03. The molecule has 130 valence electrons. The van der Waals surface area contributed by atoms with Crippen molar-refractivity contribution in [3.05, 3.63) is 23.3 Å². The van der Waals surface area contributed by atoms with Gasteiger partial charge in [0.25, 0.3) is 11.3 Å². The monoisotopic (exact) mass is 342 g/mol. The zero-order valence-corrected chi connectivity index (χ0v) is 14.8. The van der Waals surface area contributed by atoms with Gasteiger partial charge < -0.3 is 10.1 Å². The smallest absolute Gasteiger partial charge is 0.338 e. The topological polar surface area (TPSA) is 87.7 Å². The van der Waals surface area contributed by atoms with Crippen LogP contribution < -0.4 is 10.0 Å². The summed E-state index contributed by atoms with van der Waals surface area (Å²) in [5.74, 6) is -0.427. The molecule has 3 N–H and O–H groups in total. The molecule has 0 spiro atoms. The van der Waals surface area contributed by atoms with E-state index in [1.807, 2.05) is 13.8 Å². The van der Waals surface area contributed by atoms with Crippen LogP contribution in [0.4, 0.5) is 11.4 Å². The lowest BCUT2D eigenvalue weighted by molar-refractivity contribution is 0.0500. The number of carbonyl (C=O) groups excluding carboxylic acids is 1. The minimum absolute atomic E-state index is 0.360. The fourth-order valence-corrected chi connectivity index (χ4v) is 2.41. The zero-order chi connectivity index (χ0) is 17.2. The fraction of sp³-hybridized carbons (Fsp3) is 0.562. The molecule has 6 nitrogen and oxygen atoms in total. The van der Waals surface area contributed by atoms with Crippen molar-refractivity contribution in [1.82, 2.24) is 0 Å². The Labute approximate surface area is 140 Å². The van der Waals surface area contributed by atoms with E-state index in [2.05, 4.69) is 17.0 Å². The van der Waals surface area contributed by atoms with Gasteiger partial charge in [0.1, 0.15) is 0 Å².